The van der Waals surface area contributed by atoms with Gasteiger partial charge in [-0.2, -0.15) is 0 Å². The molecule has 1 saturated heterocycles. The van der Waals surface area contributed by atoms with Gasteiger partial charge < -0.3 is 9.80 Å². The summed E-state index contributed by atoms with van der Waals surface area (Å²) in [5.41, 5.74) is 1.42. The van der Waals surface area contributed by atoms with E-state index in [1.165, 1.54) is 22.6 Å². The normalized spacial score (nSPS) is 14.0. The molecule has 0 unspecified atom stereocenters. The van der Waals surface area contributed by atoms with Gasteiger partial charge in [-0.25, -0.2) is 0 Å². The van der Waals surface area contributed by atoms with Crippen molar-refractivity contribution in [2.75, 3.05) is 26.2 Å². The van der Waals surface area contributed by atoms with E-state index in [0.29, 0.717) is 29.6 Å². The highest BCUT2D eigenvalue weighted by Crippen LogP contribution is 2.22. The molecule has 7 nitrogen and oxygen atoms in total. The summed E-state index contributed by atoms with van der Waals surface area (Å²) in [6.45, 7) is 2.71. The SMILES string of the molecule is CC(=O)n1cc(C(=O)C(=O)N2CCN(C(=O)c3ccccc3)CC2)c2ccccc21. The van der Waals surface area contributed by atoms with Crippen LogP contribution in [0.5, 0.6) is 0 Å². The summed E-state index contributed by atoms with van der Waals surface area (Å²) in [4.78, 5) is 53.4. The first-order valence-corrected chi connectivity index (χ1v) is 9.76. The molecule has 2 heterocycles. The van der Waals surface area contributed by atoms with Gasteiger partial charge in [0, 0.05) is 50.2 Å². The topological polar surface area (TPSA) is 79.7 Å². The molecular weight excluding hydrogens is 382 g/mol. The Morgan fingerprint density at radius 2 is 1.37 bits per heavy atom. The number of ketones is 1. The Hall–Kier alpha value is -3.74. The number of Topliss-reactive ketones (excluding diaryl/α,β-unsaturated/α-hetero) is 1. The quantitative estimate of drug-likeness (QED) is 0.497. The zero-order valence-corrected chi connectivity index (χ0v) is 16.6. The van der Waals surface area contributed by atoms with E-state index in [9.17, 15) is 19.2 Å². The Labute approximate surface area is 173 Å². The molecule has 0 radical (unpaired) electrons. The molecular formula is C23H21N3O4. The fourth-order valence-corrected chi connectivity index (χ4v) is 3.76. The summed E-state index contributed by atoms with van der Waals surface area (Å²) < 4.78 is 1.38. The van der Waals surface area contributed by atoms with Crippen molar-refractivity contribution in [2.45, 2.75) is 6.92 Å². The molecule has 4 rings (SSSR count). The molecule has 2 aromatic carbocycles. The van der Waals surface area contributed by atoms with E-state index in [0.717, 1.165) is 0 Å². The van der Waals surface area contributed by atoms with Crippen LogP contribution >= 0.6 is 0 Å². The second-order valence-electron chi connectivity index (χ2n) is 7.23. The molecule has 0 saturated carbocycles. The third-order valence-electron chi connectivity index (χ3n) is 5.36. The Morgan fingerprint density at radius 1 is 0.767 bits per heavy atom. The predicted octanol–water partition coefficient (Wildman–Crippen LogP) is 2.47. The maximum atomic E-state index is 12.9. The van der Waals surface area contributed by atoms with Crippen molar-refractivity contribution < 1.29 is 19.2 Å². The van der Waals surface area contributed by atoms with Gasteiger partial charge in [0.1, 0.15) is 0 Å². The molecule has 0 spiro atoms. The van der Waals surface area contributed by atoms with Gasteiger partial charge in [0.2, 0.25) is 5.91 Å². The number of fused-ring (bicyclic) bond motifs is 1. The molecule has 1 aliphatic rings. The summed E-state index contributed by atoms with van der Waals surface area (Å²) >= 11 is 0. The molecule has 2 amide bonds. The van der Waals surface area contributed by atoms with Crippen molar-refractivity contribution in [1.29, 1.82) is 0 Å². The molecule has 1 aliphatic heterocycles. The average Bonchev–Trinajstić information content (AvgIpc) is 3.18. The molecule has 1 aromatic heterocycles. The van der Waals surface area contributed by atoms with Gasteiger partial charge in [-0.15, -0.1) is 0 Å². The summed E-state index contributed by atoms with van der Waals surface area (Å²) in [6, 6.07) is 16.0. The Balaban J connectivity index is 1.49. The van der Waals surface area contributed by atoms with E-state index in [-0.39, 0.29) is 30.5 Å². The predicted molar refractivity (Wildman–Crippen MR) is 111 cm³/mol. The largest absolute Gasteiger partial charge is 0.335 e. The number of amides is 2. The maximum absolute atomic E-state index is 12.9. The van der Waals surface area contributed by atoms with Crippen LogP contribution in [-0.4, -0.2) is 64.1 Å². The molecule has 0 bridgehead atoms. The van der Waals surface area contributed by atoms with Crippen LogP contribution in [0.4, 0.5) is 0 Å². The summed E-state index contributed by atoms with van der Waals surface area (Å²) in [6.07, 6.45) is 1.43. The number of nitrogens with zero attached hydrogens (tertiary/aromatic N) is 3. The summed E-state index contributed by atoms with van der Waals surface area (Å²) in [5, 5.41) is 0.573. The van der Waals surface area contributed by atoms with E-state index < -0.39 is 11.7 Å². The first-order chi connectivity index (χ1) is 14.5. The van der Waals surface area contributed by atoms with Crippen LogP contribution in [0.15, 0.2) is 60.8 Å². The molecule has 0 aliphatic carbocycles. The van der Waals surface area contributed by atoms with Gasteiger partial charge in [0.15, 0.2) is 0 Å². The fraction of sp³-hybridized carbons (Fsp3) is 0.217. The minimum atomic E-state index is -0.644. The number of rotatable bonds is 3. The second-order valence-corrected chi connectivity index (χ2v) is 7.23. The van der Waals surface area contributed by atoms with Crippen molar-refractivity contribution in [3.8, 4) is 0 Å². The van der Waals surface area contributed by atoms with E-state index in [2.05, 4.69) is 0 Å². The minimum absolute atomic E-state index is 0.0847. The molecule has 0 atom stereocenters. The van der Waals surface area contributed by atoms with E-state index in [1.807, 2.05) is 18.2 Å². The number of carbonyl (C=O) groups is 4. The maximum Gasteiger partial charge on any atom is 0.295 e. The van der Waals surface area contributed by atoms with Gasteiger partial charge >= 0.3 is 0 Å². The Kier molecular flexibility index (Phi) is 5.18. The molecule has 3 aromatic rings. The molecule has 1 fully saturated rings. The zero-order chi connectivity index (χ0) is 21.3. The number of aromatic nitrogens is 1. The smallest absolute Gasteiger partial charge is 0.295 e. The van der Waals surface area contributed by atoms with Gasteiger partial charge in [-0.05, 0) is 18.2 Å². The van der Waals surface area contributed by atoms with E-state index in [4.69, 9.17) is 0 Å². The number of piperazine rings is 1. The second kappa shape index (κ2) is 7.94. The van der Waals surface area contributed by atoms with Crippen molar-refractivity contribution in [2.24, 2.45) is 0 Å². The van der Waals surface area contributed by atoms with Crippen LogP contribution < -0.4 is 0 Å². The number of hydrogen-bond donors (Lipinski definition) is 0. The van der Waals surface area contributed by atoms with Crippen LogP contribution in [0.2, 0.25) is 0 Å². The van der Waals surface area contributed by atoms with Gasteiger partial charge in [0.05, 0.1) is 11.1 Å². The average molecular weight is 403 g/mol. The van der Waals surface area contributed by atoms with Crippen LogP contribution in [0, 0.1) is 0 Å². The summed E-state index contributed by atoms with van der Waals surface area (Å²) in [7, 11) is 0. The summed E-state index contributed by atoms with van der Waals surface area (Å²) in [5.74, 6) is -1.58. The first kappa shape index (κ1) is 19.6. The van der Waals surface area contributed by atoms with Crippen molar-refractivity contribution in [3.63, 3.8) is 0 Å². The molecule has 0 N–H and O–H groups in total. The number of carbonyl (C=O) groups excluding carboxylic acids is 4. The third kappa shape index (κ3) is 3.50. The fourth-order valence-electron chi connectivity index (χ4n) is 3.76. The van der Waals surface area contributed by atoms with Crippen LogP contribution in [0.1, 0.15) is 32.4 Å². The van der Waals surface area contributed by atoms with Crippen LogP contribution in [0.25, 0.3) is 10.9 Å². The number of hydrogen-bond acceptors (Lipinski definition) is 4. The monoisotopic (exact) mass is 403 g/mol. The van der Waals surface area contributed by atoms with Crippen molar-refractivity contribution in [3.05, 3.63) is 71.9 Å². The highest BCUT2D eigenvalue weighted by molar-refractivity contribution is 6.45. The first-order valence-electron chi connectivity index (χ1n) is 9.76. The molecule has 7 heteroatoms. The lowest BCUT2D eigenvalue weighted by Gasteiger charge is -2.34. The molecule has 30 heavy (non-hydrogen) atoms. The Morgan fingerprint density at radius 3 is 2.03 bits per heavy atom. The lowest BCUT2D eigenvalue weighted by atomic mass is 10.1. The zero-order valence-electron chi connectivity index (χ0n) is 16.6. The molecule has 152 valence electrons. The minimum Gasteiger partial charge on any atom is -0.335 e. The standard InChI is InChI=1S/C23H21N3O4/c1-16(27)26-15-19(18-9-5-6-10-20(18)26)21(28)23(30)25-13-11-24(12-14-25)22(29)17-7-3-2-4-8-17/h2-10,15H,11-14H2,1H3. The highest BCUT2D eigenvalue weighted by atomic mass is 16.2. The Bertz CT molecular complexity index is 1140. The van der Waals surface area contributed by atoms with Gasteiger partial charge in [-0.3, -0.25) is 23.7 Å². The van der Waals surface area contributed by atoms with Crippen molar-refractivity contribution in [1.82, 2.24) is 14.4 Å². The van der Waals surface area contributed by atoms with Crippen LogP contribution in [0.3, 0.4) is 0 Å². The van der Waals surface area contributed by atoms with Crippen molar-refractivity contribution >= 4 is 34.4 Å². The van der Waals surface area contributed by atoms with E-state index >= 15 is 0 Å². The lowest BCUT2D eigenvalue weighted by molar-refractivity contribution is -0.127. The van der Waals surface area contributed by atoms with Gasteiger partial charge in [0.25, 0.3) is 17.6 Å². The number of benzene rings is 2. The number of para-hydroxylation sites is 1. The lowest BCUT2D eigenvalue weighted by Crippen LogP contribution is -2.52. The van der Waals surface area contributed by atoms with E-state index in [1.54, 1.807) is 41.3 Å². The highest BCUT2D eigenvalue weighted by Gasteiger charge is 2.30. The third-order valence-corrected chi connectivity index (χ3v) is 5.36. The van der Waals surface area contributed by atoms with Gasteiger partial charge in [-0.1, -0.05) is 36.4 Å². The van der Waals surface area contributed by atoms with Crippen LogP contribution in [-0.2, 0) is 4.79 Å².